The lowest BCUT2D eigenvalue weighted by Crippen LogP contribution is -2.48. The SMILES string of the molecule is O=C(N[C@H]1CCOC[C@@H]1O)c1cn(Cc2ccc(-n3cncn3)nc2)c2cccc(F)c12. The smallest absolute Gasteiger partial charge is 0.253 e. The first-order valence-corrected chi connectivity index (χ1v) is 10.2. The van der Waals surface area contributed by atoms with E-state index >= 15 is 0 Å². The number of amides is 1. The Bertz CT molecular complexity index is 1240. The molecule has 0 radical (unpaired) electrons. The van der Waals surface area contributed by atoms with Crippen molar-refractivity contribution in [3.63, 3.8) is 0 Å². The Balaban J connectivity index is 1.44. The number of carbonyl (C=O) groups is 1. The number of aliphatic hydroxyl groups excluding tert-OH is 1. The molecule has 0 spiro atoms. The first kappa shape index (κ1) is 20.3. The molecule has 0 aliphatic carbocycles. The first-order chi connectivity index (χ1) is 15.6. The number of fused-ring (bicyclic) bond motifs is 1. The number of pyridine rings is 1. The van der Waals surface area contributed by atoms with Gasteiger partial charge in [-0.3, -0.25) is 4.79 Å². The predicted molar refractivity (Wildman–Crippen MR) is 113 cm³/mol. The van der Waals surface area contributed by atoms with Crippen molar-refractivity contribution in [3.8, 4) is 5.82 Å². The number of hydrogen-bond acceptors (Lipinski definition) is 6. The maximum absolute atomic E-state index is 14.7. The molecule has 1 aliphatic rings. The monoisotopic (exact) mass is 436 g/mol. The van der Waals surface area contributed by atoms with E-state index in [9.17, 15) is 14.3 Å². The molecule has 10 heteroatoms. The maximum atomic E-state index is 14.7. The summed E-state index contributed by atoms with van der Waals surface area (Å²) in [4.78, 5) is 21.3. The van der Waals surface area contributed by atoms with Crippen LogP contribution < -0.4 is 5.32 Å². The van der Waals surface area contributed by atoms with Gasteiger partial charge in [-0.05, 0) is 30.2 Å². The normalized spacial score (nSPS) is 18.7. The molecule has 32 heavy (non-hydrogen) atoms. The standard InChI is InChI=1S/C22H21FN6O3/c23-16-2-1-3-18-21(16)15(22(31)27-17-6-7-32-11-19(17)30)10-28(18)9-14-4-5-20(25-8-14)29-13-24-12-26-29/h1-5,8,10,12-13,17,19,30H,6-7,9,11H2,(H,27,31)/t17-,19-/m0/s1. The predicted octanol–water partition coefficient (Wildman–Crippen LogP) is 1.68. The van der Waals surface area contributed by atoms with E-state index in [0.29, 0.717) is 30.9 Å². The van der Waals surface area contributed by atoms with Crippen LogP contribution in [0.15, 0.2) is 55.4 Å². The third-order valence-electron chi connectivity index (χ3n) is 5.56. The summed E-state index contributed by atoms with van der Waals surface area (Å²) < 4.78 is 23.3. The lowest BCUT2D eigenvalue weighted by molar-refractivity contribution is -0.0260. The van der Waals surface area contributed by atoms with E-state index in [2.05, 4.69) is 20.4 Å². The van der Waals surface area contributed by atoms with Crippen molar-refractivity contribution in [1.29, 1.82) is 0 Å². The second-order valence-electron chi connectivity index (χ2n) is 7.68. The highest BCUT2D eigenvalue weighted by atomic mass is 19.1. The van der Waals surface area contributed by atoms with E-state index in [0.717, 1.165) is 5.56 Å². The summed E-state index contributed by atoms with van der Waals surface area (Å²) in [6, 6.07) is 8.00. The Hall–Kier alpha value is -3.63. The second kappa shape index (κ2) is 8.48. The molecule has 1 saturated heterocycles. The molecule has 164 valence electrons. The van der Waals surface area contributed by atoms with Gasteiger partial charge in [0.25, 0.3) is 5.91 Å². The van der Waals surface area contributed by atoms with Crippen LogP contribution in [0.3, 0.4) is 0 Å². The van der Waals surface area contributed by atoms with Crippen molar-refractivity contribution < 1.29 is 19.0 Å². The second-order valence-corrected chi connectivity index (χ2v) is 7.68. The Morgan fingerprint density at radius 3 is 2.97 bits per heavy atom. The molecule has 5 rings (SSSR count). The Kier molecular flexibility index (Phi) is 5.38. The lowest BCUT2D eigenvalue weighted by atomic mass is 10.1. The van der Waals surface area contributed by atoms with Crippen LogP contribution in [0.5, 0.6) is 0 Å². The minimum Gasteiger partial charge on any atom is -0.389 e. The zero-order valence-electron chi connectivity index (χ0n) is 17.1. The van der Waals surface area contributed by atoms with Crippen molar-refractivity contribution in [2.24, 2.45) is 0 Å². The number of aliphatic hydroxyl groups is 1. The number of halogens is 1. The molecule has 1 aromatic carbocycles. The number of rotatable bonds is 5. The fourth-order valence-electron chi connectivity index (χ4n) is 3.92. The molecule has 1 aliphatic heterocycles. The minimum absolute atomic E-state index is 0.165. The van der Waals surface area contributed by atoms with Crippen molar-refractivity contribution in [1.82, 2.24) is 29.6 Å². The largest absolute Gasteiger partial charge is 0.389 e. The van der Waals surface area contributed by atoms with Crippen LogP contribution in [0.25, 0.3) is 16.7 Å². The van der Waals surface area contributed by atoms with Gasteiger partial charge >= 0.3 is 0 Å². The van der Waals surface area contributed by atoms with Gasteiger partial charge in [-0.2, -0.15) is 5.10 Å². The third-order valence-corrected chi connectivity index (χ3v) is 5.56. The number of hydrogen-bond donors (Lipinski definition) is 2. The molecular weight excluding hydrogens is 415 g/mol. The highest BCUT2D eigenvalue weighted by Gasteiger charge is 2.27. The molecular formula is C22H21FN6O3. The molecule has 0 bridgehead atoms. The number of nitrogens with one attached hydrogen (secondary N) is 1. The summed E-state index contributed by atoms with van der Waals surface area (Å²) in [5, 5.41) is 17.2. The topological polar surface area (TPSA) is 107 Å². The zero-order chi connectivity index (χ0) is 22.1. The fraction of sp³-hybridized carbons (Fsp3) is 0.273. The molecule has 1 fully saturated rings. The first-order valence-electron chi connectivity index (χ1n) is 10.2. The summed E-state index contributed by atoms with van der Waals surface area (Å²) in [7, 11) is 0. The Morgan fingerprint density at radius 2 is 2.22 bits per heavy atom. The molecule has 1 amide bonds. The van der Waals surface area contributed by atoms with Crippen molar-refractivity contribution in [2.45, 2.75) is 25.1 Å². The molecule has 4 heterocycles. The van der Waals surface area contributed by atoms with Gasteiger partial charge in [0, 0.05) is 30.9 Å². The quantitative estimate of drug-likeness (QED) is 0.493. The molecule has 0 unspecified atom stereocenters. The van der Waals surface area contributed by atoms with Crippen LogP contribution in [0.4, 0.5) is 4.39 Å². The molecule has 3 aromatic heterocycles. The van der Waals surface area contributed by atoms with Crippen molar-refractivity contribution in [2.75, 3.05) is 13.2 Å². The highest BCUT2D eigenvalue weighted by molar-refractivity contribution is 6.07. The van der Waals surface area contributed by atoms with Gasteiger partial charge in [0.05, 0.1) is 29.8 Å². The van der Waals surface area contributed by atoms with E-state index in [1.807, 2.05) is 16.7 Å². The molecule has 4 aromatic rings. The van der Waals surface area contributed by atoms with Gasteiger partial charge in [0.15, 0.2) is 5.82 Å². The summed E-state index contributed by atoms with van der Waals surface area (Å²) in [5.41, 5.74) is 1.70. The van der Waals surface area contributed by atoms with Crippen LogP contribution in [-0.2, 0) is 11.3 Å². The van der Waals surface area contributed by atoms with Gasteiger partial charge in [-0.1, -0.05) is 12.1 Å². The van der Waals surface area contributed by atoms with E-state index in [1.54, 1.807) is 35.5 Å². The van der Waals surface area contributed by atoms with Crippen LogP contribution in [0, 0.1) is 5.82 Å². The van der Waals surface area contributed by atoms with Gasteiger partial charge in [-0.15, -0.1) is 0 Å². The summed E-state index contributed by atoms with van der Waals surface area (Å²) in [6.45, 7) is 1.02. The van der Waals surface area contributed by atoms with E-state index in [-0.39, 0.29) is 17.6 Å². The summed E-state index contributed by atoms with van der Waals surface area (Å²) in [5.74, 6) is -0.271. The number of nitrogens with zero attached hydrogens (tertiary/aromatic N) is 5. The number of ether oxygens (including phenoxy) is 1. The Morgan fingerprint density at radius 1 is 1.31 bits per heavy atom. The summed E-state index contributed by atoms with van der Waals surface area (Å²) in [6.07, 6.45) is 6.05. The van der Waals surface area contributed by atoms with Gasteiger partial charge in [-0.25, -0.2) is 19.0 Å². The van der Waals surface area contributed by atoms with Crippen LogP contribution in [-0.4, -0.2) is 60.7 Å². The average Bonchev–Trinajstić information content (AvgIpc) is 3.46. The van der Waals surface area contributed by atoms with Crippen LogP contribution in [0.1, 0.15) is 22.3 Å². The van der Waals surface area contributed by atoms with Crippen molar-refractivity contribution in [3.05, 3.63) is 72.3 Å². The average molecular weight is 436 g/mol. The molecule has 2 N–H and O–H groups in total. The summed E-state index contributed by atoms with van der Waals surface area (Å²) >= 11 is 0. The lowest BCUT2D eigenvalue weighted by Gasteiger charge is -2.28. The van der Waals surface area contributed by atoms with Gasteiger partial charge in [0.2, 0.25) is 0 Å². The number of carbonyl (C=O) groups excluding carboxylic acids is 1. The van der Waals surface area contributed by atoms with Crippen LogP contribution in [0.2, 0.25) is 0 Å². The molecule has 9 nitrogen and oxygen atoms in total. The molecule has 2 atom stereocenters. The van der Waals surface area contributed by atoms with Gasteiger partial charge in [0.1, 0.15) is 18.5 Å². The van der Waals surface area contributed by atoms with E-state index in [4.69, 9.17) is 4.74 Å². The Labute approximate surface area is 182 Å². The van der Waals surface area contributed by atoms with E-state index in [1.165, 1.54) is 12.4 Å². The zero-order valence-corrected chi connectivity index (χ0v) is 17.1. The van der Waals surface area contributed by atoms with Gasteiger partial charge < -0.3 is 19.7 Å². The minimum atomic E-state index is -0.791. The third kappa shape index (κ3) is 3.85. The molecule has 0 saturated carbocycles. The maximum Gasteiger partial charge on any atom is 0.253 e. The van der Waals surface area contributed by atoms with Crippen LogP contribution >= 0.6 is 0 Å². The fourth-order valence-corrected chi connectivity index (χ4v) is 3.92. The van der Waals surface area contributed by atoms with E-state index < -0.39 is 23.9 Å². The van der Waals surface area contributed by atoms with Crippen molar-refractivity contribution >= 4 is 16.8 Å². The highest BCUT2D eigenvalue weighted by Crippen LogP contribution is 2.26. The number of aromatic nitrogens is 5. The number of benzene rings is 1.